The van der Waals surface area contributed by atoms with E-state index in [1.807, 2.05) is 0 Å². The second-order valence-corrected chi connectivity index (χ2v) is 5.13. The summed E-state index contributed by atoms with van der Waals surface area (Å²) in [6, 6.07) is 4.04. The van der Waals surface area contributed by atoms with E-state index in [9.17, 15) is 13.6 Å². The largest absolute Gasteiger partial charge is 0.465 e. The summed E-state index contributed by atoms with van der Waals surface area (Å²) in [7, 11) is 0. The minimum atomic E-state index is -1.11. The minimum Gasteiger partial charge on any atom is -0.465 e. The normalized spacial score (nSPS) is 22.6. The number of hydrogen-bond donors (Lipinski definition) is 2. The average molecular weight is 280 g/mol. The van der Waals surface area contributed by atoms with Gasteiger partial charge in [-0.3, -0.25) is 0 Å². The van der Waals surface area contributed by atoms with E-state index in [0.29, 0.717) is 11.9 Å². The summed E-state index contributed by atoms with van der Waals surface area (Å²) >= 11 is 0. The van der Waals surface area contributed by atoms with Crippen molar-refractivity contribution in [2.75, 3.05) is 6.54 Å². The molecule has 2 atom stereocenters. The van der Waals surface area contributed by atoms with Gasteiger partial charge in [0.1, 0.15) is 12.0 Å². The molecule has 0 spiro atoms. The molecule has 0 unspecified atom stereocenters. The number of aromatic nitrogens is 1. The predicted octanol–water partition coefficient (Wildman–Crippen LogP) is 2.94. The molecule has 106 valence electrons. The van der Waals surface area contributed by atoms with Crippen molar-refractivity contribution in [3.05, 3.63) is 35.8 Å². The van der Waals surface area contributed by atoms with Crippen LogP contribution in [-0.2, 0) is 6.42 Å². The van der Waals surface area contributed by atoms with Crippen molar-refractivity contribution in [3.63, 3.8) is 0 Å². The quantitative estimate of drug-likeness (QED) is 0.888. The zero-order valence-electron chi connectivity index (χ0n) is 10.6. The van der Waals surface area contributed by atoms with Crippen molar-refractivity contribution < 1.29 is 18.7 Å². The molecule has 1 aromatic carbocycles. The number of halogens is 2. The highest BCUT2D eigenvalue weighted by Gasteiger charge is 2.35. The molecule has 0 saturated carbocycles. The van der Waals surface area contributed by atoms with Gasteiger partial charge in [-0.05, 0) is 30.2 Å². The molecule has 2 N–H and O–H groups in total. The van der Waals surface area contributed by atoms with Gasteiger partial charge < -0.3 is 15.0 Å². The molecule has 2 aromatic rings. The van der Waals surface area contributed by atoms with Gasteiger partial charge in [-0.25, -0.2) is 13.6 Å². The molecule has 20 heavy (non-hydrogen) atoms. The van der Waals surface area contributed by atoms with E-state index in [-0.39, 0.29) is 24.8 Å². The third kappa shape index (κ3) is 2.21. The van der Waals surface area contributed by atoms with Gasteiger partial charge in [0.15, 0.2) is 0 Å². The first-order valence-corrected chi connectivity index (χ1v) is 6.43. The minimum absolute atomic E-state index is 0.0724. The van der Waals surface area contributed by atoms with Crippen LogP contribution >= 0.6 is 0 Å². The Balaban J connectivity index is 1.87. The van der Waals surface area contributed by atoms with E-state index in [1.165, 1.54) is 12.1 Å². The van der Waals surface area contributed by atoms with E-state index < -0.39 is 12.3 Å². The molecule has 1 fully saturated rings. The summed E-state index contributed by atoms with van der Waals surface area (Å²) in [4.78, 5) is 15.2. The number of carbonyl (C=O) groups is 1. The van der Waals surface area contributed by atoms with Crippen molar-refractivity contribution in [3.8, 4) is 0 Å². The number of aromatic amines is 1. The molecule has 3 rings (SSSR count). The molecule has 1 saturated heterocycles. The first-order chi connectivity index (χ1) is 9.54. The molecular weight excluding hydrogens is 266 g/mol. The van der Waals surface area contributed by atoms with Crippen LogP contribution in [0.1, 0.15) is 12.0 Å². The topological polar surface area (TPSA) is 56.3 Å². The maximum absolute atomic E-state index is 13.4. The van der Waals surface area contributed by atoms with Crippen molar-refractivity contribution >= 4 is 17.0 Å². The van der Waals surface area contributed by atoms with Gasteiger partial charge in [-0.1, -0.05) is 0 Å². The summed E-state index contributed by atoms with van der Waals surface area (Å²) in [6.07, 6.45) is 0.161. The van der Waals surface area contributed by atoms with Crippen LogP contribution in [-0.4, -0.2) is 39.8 Å². The number of amides is 1. The van der Waals surface area contributed by atoms with Gasteiger partial charge >= 0.3 is 6.09 Å². The van der Waals surface area contributed by atoms with Gasteiger partial charge in [-0.15, -0.1) is 0 Å². The van der Waals surface area contributed by atoms with Crippen LogP contribution in [0.5, 0.6) is 0 Å². The van der Waals surface area contributed by atoms with E-state index in [4.69, 9.17) is 5.11 Å². The monoisotopic (exact) mass is 280 g/mol. The van der Waals surface area contributed by atoms with Crippen molar-refractivity contribution in [1.82, 2.24) is 9.88 Å². The SMILES string of the molecule is O=C(O)N1C[C@@H](F)C[C@H]1Cc1c[nH]c2cc(F)ccc12. The second kappa shape index (κ2) is 4.77. The van der Waals surface area contributed by atoms with Crippen LogP contribution in [0.3, 0.4) is 0 Å². The van der Waals surface area contributed by atoms with Crippen LogP contribution < -0.4 is 0 Å². The van der Waals surface area contributed by atoms with E-state index in [2.05, 4.69) is 4.98 Å². The summed E-state index contributed by atoms with van der Waals surface area (Å²) in [5.74, 6) is -0.331. The fourth-order valence-electron chi connectivity index (χ4n) is 2.87. The molecule has 0 radical (unpaired) electrons. The zero-order valence-corrected chi connectivity index (χ0v) is 10.6. The van der Waals surface area contributed by atoms with Crippen LogP contribution in [0.2, 0.25) is 0 Å². The lowest BCUT2D eigenvalue weighted by Gasteiger charge is -2.20. The van der Waals surface area contributed by atoms with Crippen molar-refractivity contribution in [1.29, 1.82) is 0 Å². The fraction of sp³-hybridized carbons (Fsp3) is 0.357. The Hall–Kier alpha value is -2.11. The number of H-pyrrole nitrogens is 1. The highest BCUT2D eigenvalue weighted by molar-refractivity contribution is 5.83. The Bertz CT molecular complexity index is 656. The van der Waals surface area contributed by atoms with Crippen LogP contribution in [0.25, 0.3) is 10.9 Å². The Morgan fingerprint density at radius 3 is 3.05 bits per heavy atom. The standard InChI is InChI=1S/C14H14F2N2O2/c15-9-1-2-12-8(6-17-13(12)5-9)3-11-4-10(16)7-18(11)14(19)20/h1-2,5-6,10-11,17H,3-4,7H2,(H,19,20)/t10-,11+/m0/s1. The maximum atomic E-state index is 13.4. The van der Waals surface area contributed by atoms with Gasteiger partial charge in [0.25, 0.3) is 0 Å². The number of nitrogens with zero attached hydrogens (tertiary/aromatic N) is 1. The molecule has 6 heteroatoms. The van der Waals surface area contributed by atoms with Crippen molar-refractivity contribution in [2.45, 2.75) is 25.1 Å². The van der Waals surface area contributed by atoms with Gasteiger partial charge in [0.05, 0.1) is 6.54 Å². The molecule has 1 aliphatic heterocycles. The number of benzene rings is 1. The highest BCUT2D eigenvalue weighted by Crippen LogP contribution is 2.27. The number of carboxylic acid groups (broad SMARTS) is 1. The second-order valence-electron chi connectivity index (χ2n) is 5.13. The van der Waals surface area contributed by atoms with E-state index >= 15 is 0 Å². The van der Waals surface area contributed by atoms with Gasteiger partial charge in [0, 0.05) is 29.6 Å². The van der Waals surface area contributed by atoms with Crippen LogP contribution in [0.15, 0.2) is 24.4 Å². The molecule has 1 amide bonds. The first-order valence-electron chi connectivity index (χ1n) is 6.43. The summed E-state index contributed by atoms with van der Waals surface area (Å²) in [5, 5.41) is 9.93. The highest BCUT2D eigenvalue weighted by atomic mass is 19.1. The van der Waals surface area contributed by atoms with Gasteiger partial charge in [0.2, 0.25) is 0 Å². The lowest BCUT2D eigenvalue weighted by atomic mass is 10.0. The summed E-state index contributed by atoms with van der Waals surface area (Å²) < 4.78 is 26.5. The fourth-order valence-corrected chi connectivity index (χ4v) is 2.87. The number of alkyl halides is 1. The Labute approximate surface area is 114 Å². The third-order valence-corrected chi connectivity index (χ3v) is 3.79. The Kier molecular flexibility index (Phi) is 3.08. The molecule has 2 heterocycles. The third-order valence-electron chi connectivity index (χ3n) is 3.79. The first kappa shape index (κ1) is 12.9. The van der Waals surface area contributed by atoms with Crippen molar-refractivity contribution in [2.24, 2.45) is 0 Å². The number of nitrogens with one attached hydrogen (secondary N) is 1. The van der Waals surface area contributed by atoms with Crippen LogP contribution in [0, 0.1) is 5.82 Å². The summed E-state index contributed by atoms with van der Waals surface area (Å²) in [5.41, 5.74) is 1.54. The summed E-state index contributed by atoms with van der Waals surface area (Å²) in [6.45, 7) is -0.0724. The lowest BCUT2D eigenvalue weighted by Crippen LogP contribution is -2.35. The molecule has 1 aromatic heterocycles. The van der Waals surface area contributed by atoms with Crippen LogP contribution in [0.4, 0.5) is 13.6 Å². The Morgan fingerprint density at radius 1 is 1.50 bits per heavy atom. The molecule has 1 aliphatic rings. The predicted molar refractivity (Wildman–Crippen MR) is 70.0 cm³/mol. The molecule has 4 nitrogen and oxygen atoms in total. The smallest absolute Gasteiger partial charge is 0.407 e. The lowest BCUT2D eigenvalue weighted by molar-refractivity contribution is 0.138. The number of rotatable bonds is 2. The number of likely N-dealkylation sites (tertiary alicyclic amines) is 1. The van der Waals surface area contributed by atoms with E-state index in [0.717, 1.165) is 15.8 Å². The Morgan fingerprint density at radius 2 is 2.30 bits per heavy atom. The van der Waals surface area contributed by atoms with Gasteiger partial charge in [-0.2, -0.15) is 0 Å². The number of hydrogen-bond acceptors (Lipinski definition) is 1. The van der Waals surface area contributed by atoms with E-state index in [1.54, 1.807) is 12.3 Å². The zero-order chi connectivity index (χ0) is 14.3. The molecular formula is C14H14F2N2O2. The molecule has 0 aliphatic carbocycles. The molecule has 0 bridgehead atoms. The maximum Gasteiger partial charge on any atom is 0.407 e. The average Bonchev–Trinajstić information content (AvgIpc) is 2.94. The number of fused-ring (bicyclic) bond motifs is 1.